The van der Waals surface area contributed by atoms with Gasteiger partial charge in [-0.25, -0.2) is 5.48 Å². The number of ether oxygens (including phenoxy) is 1. The van der Waals surface area contributed by atoms with Crippen LogP contribution < -0.4 is 5.48 Å². The molecule has 3 nitrogen and oxygen atoms in total. The van der Waals surface area contributed by atoms with E-state index in [1.807, 2.05) is 6.92 Å². The van der Waals surface area contributed by atoms with Crippen LogP contribution in [0.4, 0.5) is 13.2 Å². The van der Waals surface area contributed by atoms with Crippen molar-refractivity contribution in [1.82, 2.24) is 5.48 Å². The highest BCUT2D eigenvalue weighted by molar-refractivity contribution is 4.44. The van der Waals surface area contributed by atoms with Crippen molar-refractivity contribution in [3.63, 3.8) is 0 Å². The van der Waals surface area contributed by atoms with Gasteiger partial charge in [-0.3, -0.25) is 4.84 Å². The number of hydroxylamine groups is 1. The fourth-order valence-corrected chi connectivity index (χ4v) is 0.535. The minimum absolute atomic E-state index is 0.0593. The average Bonchev–Trinajstić information content (AvgIpc) is 2.01. The second-order valence-electron chi connectivity index (χ2n) is 2.41. The molecule has 0 amide bonds. The Bertz CT molecular complexity index is 119. The summed E-state index contributed by atoms with van der Waals surface area (Å²) in [5, 5.41) is 0. The van der Waals surface area contributed by atoms with Crippen LogP contribution in [0, 0.1) is 0 Å². The predicted octanol–water partition coefficient (Wildman–Crippen LogP) is 1.50. The molecule has 0 saturated heterocycles. The molecule has 0 spiro atoms. The van der Waals surface area contributed by atoms with E-state index in [1.165, 1.54) is 0 Å². The maximum atomic E-state index is 11.5. The summed E-state index contributed by atoms with van der Waals surface area (Å²) in [4.78, 5) is 4.75. The molecule has 0 aliphatic rings. The van der Waals surface area contributed by atoms with Crippen LogP contribution >= 0.6 is 0 Å². The standard InChI is InChI=1S/C7H14F3NO2/c1-2-3-11-13-5-4-12-6-7(8,9)10/h11H,2-6H2,1H3. The van der Waals surface area contributed by atoms with Gasteiger partial charge in [-0.15, -0.1) is 0 Å². The molecule has 0 saturated carbocycles. The Hall–Kier alpha value is -0.330. The maximum absolute atomic E-state index is 11.5. The number of alkyl halides is 3. The third kappa shape index (κ3) is 11.7. The summed E-state index contributed by atoms with van der Waals surface area (Å²) >= 11 is 0. The first-order valence-corrected chi connectivity index (χ1v) is 4.05. The van der Waals surface area contributed by atoms with E-state index >= 15 is 0 Å². The molecule has 0 aliphatic carbocycles. The van der Waals surface area contributed by atoms with Gasteiger partial charge in [0.2, 0.25) is 0 Å². The molecule has 0 aromatic rings. The normalized spacial score (nSPS) is 12.0. The summed E-state index contributed by atoms with van der Waals surface area (Å²) in [6.45, 7) is 1.48. The molecule has 1 N–H and O–H groups in total. The average molecular weight is 201 g/mol. The molecule has 0 aliphatic heterocycles. The van der Waals surface area contributed by atoms with Crippen molar-refractivity contribution in [1.29, 1.82) is 0 Å². The maximum Gasteiger partial charge on any atom is 0.411 e. The fourth-order valence-electron chi connectivity index (χ4n) is 0.535. The molecule has 0 atom stereocenters. The first-order chi connectivity index (χ1) is 6.06. The zero-order valence-electron chi connectivity index (χ0n) is 7.49. The van der Waals surface area contributed by atoms with E-state index in [-0.39, 0.29) is 13.2 Å². The summed E-state index contributed by atoms with van der Waals surface area (Å²) in [6, 6.07) is 0. The lowest BCUT2D eigenvalue weighted by molar-refractivity contribution is -0.177. The second-order valence-corrected chi connectivity index (χ2v) is 2.41. The van der Waals surface area contributed by atoms with E-state index in [2.05, 4.69) is 10.2 Å². The van der Waals surface area contributed by atoms with Gasteiger partial charge in [0.05, 0.1) is 13.2 Å². The molecular formula is C7H14F3NO2. The smallest absolute Gasteiger partial charge is 0.370 e. The Labute approximate surface area is 75.2 Å². The molecule has 0 unspecified atom stereocenters. The third-order valence-electron chi connectivity index (χ3n) is 1.05. The zero-order chi connectivity index (χ0) is 10.2. The molecule has 6 heteroatoms. The van der Waals surface area contributed by atoms with Crippen LogP contribution in [0.25, 0.3) is 0 Å². The molecule has 0 aromatic heterocycles. The number of nitrogens with one attached hydrogen (secondary N) is 1. The van der Waals surface area contributed by atoms with Crippen LogP contribution in [0.5, 0.6) is 0 Å². The molecule has 0 heterocycles. The van der Waals surface area contributed by atoms with Crippen LogP contribution in [0.2, 0.25) is 0 Å². The Morgan fingerprint density at radius 3 is 2.46 bits per heavy atom. The van der Waals surface area contributed by atoms with Gasteiger partial charge in [0.1, 0.15) is 6.61 Å². The lowest BCUT2D eigenvalue weighted by atomic mass is 10.5. The SMILES string of the molecule is CCCNOCCOCC(F)(F)F. The Morgan fingerprint density at radius 1 is 1.23 bits per heavy atom. The first kappa shape index (κ1) is 12.7. The Morgan fingerprint density at radius 2 is 1.92 bits per heavy atom. The highest BCUT2D eigenvalue weighted by atomic mass is 19.4. The van der Waals surface area contributed by atoms with E-state index < -0.39 is 12.8 Å². The van der Waals surface area contributed by atoms with Gasteiger partial charge in [-0.2, -0.15) is 13.2 Å². The van der Waals surface area contributed by atoms with E-state index in [0.29, 0.717) is 6.54 Å². The lowest BCUT2D eigenvalue weighted by Crippen LogP contribution is -2.22. The van der Waals surface area contributed by atoms with Crippen LogP contribution in [-0.2, 0) is 9.57 Å². The van der Waals surface area contributed by atoms with Gasteiger partial charge >= 0.3 is 6.18 Å². The van der Waals surface area contributed by atoms with E-state index in [4.69, 9.17) is 4.84 Å². The van der Waals surface area contributed by atoms with Crippen molar-refractivity contribution in [2.45, 2.75) is 19.5 Å². The van der Waals surface area contributed by atoms with Crippen LogP contribution in [0.1, 0.15) is 13.3 Å². The van der Waals surface area contributed by atoms with Crippen LogP contribution in [0.3, 0.4) is 0 Å². The van der Waals surface area contributed by atoms with Gasteiger partial charge in [-0.1, -0.05) is 6.92 Å². The monoisotopic (exact) mass is 201 g/mol. The molecular weight excluding hydrogens is 187 g/mol. The fraction of sp³-hybridized carbons (Fsp3) is 1.00. The van der Waals surface area contributed by atoms with Gasteiger partial charge < -0.3 is 4.74 Å². The molecule has 0 bridgehead atoms. The summed E-state index contributed by atoms with van der Waals surface area (Å²) < 4.78 is 38.8. The third-order valence-corrected chi connectivity index (χ3v) is 1.05. The van der Waals surface area contributed by atoms with Crippen LogP contribution in [-0.4, -0.2) is 32.5 Å². The van der Waals surface area contributed by atoms with E-state index in [0.717, 1.165) is 6.42 Å². The number of hydrogen-bond acceptors (Lipinski definition) is 3. The Balaban J connectivity index is 3.00. The summed E-state index contributed by atoms with van der Waals surface area (Å²) in [5.74, 6) is 0. The summed E-state index contributed by atoms with van der Waals surface area (Å²) in [7, 11) is 0. The van der Waals surface area contributed by atoms with Gasteiger partial charge in [-0.05, 0) is 6.42 Å². The number of rotatable bonds is 7. The minimum Gasteiger partial charge on any atom is -0.370 e. The topological polar surface area (TPSA) is 30.5 Å². The molecule has 0 rings (SSSR count). The van der Waals surface area contributed by atoms with E-state index in [1.54, 1.807) is 0 Å². The van der Waals surface area contributed by atoms with E-state index in [9.17, 15) is 13.2 Å². The molecule has 0 aromatic carbocycles. The van der Waals surface area contributed by atoms with Crippen molar-refractivity contribution in [3.05, 3.63) is 0 Å². The molecule has 80 valence electrons. The van der Waals surface area contributed by atoms with Crippen LogP contribution in [0.15, 0.2) is 0 Å². The first-order valence-electron chi connectivity index (χ1n) is 4.05. The minimum atomic E-state index is -4.25. The molecule has 0 fully saturated rings. The highest BCUT2D eigenvalue weighted by Crippen LogP contribution is 2.13. The van der Waals surface area contributed by atoms with Crippen molar-refractivity contribution >= 4 is 0 Å². The number of halogens is 3. The van der Waals surface area contributed by atoms with Crippen molar-refractivity contribution in [3.8, 4) is 0 Å². The molecule has 13 heavy (non-hydrogen) atoms. The largest absolute Gasteiger partial charge is 0.411 e. The second kappa shape index (κ2) is 7.11. The number of hydrogen-bond donors (Lipinski definition) is 1. The van der Waals surface area contributed by atoms with Crippen molar-refractivity contribution in [2.24, 2.45) is 0 Å². The van der Waals surface area contributed by atoms with Gasteiger partial charge in [0, 0.05) is 6.54 Å². The summed E-state index contributed by atoms with van der Waals surface area (Å²) in [5.41, 5.74) is 2.57. The Kier molecular flexibility index (Phi) is 6.93. The van der Waals surface area contributed by atoms with Crippen molar-refractivity contribution in [2.75, 3.05) is 26.4 Å². The quantitative estimate of drug-likeness (QED) is 0.500. The molecule has 0 radical (unpaired) electrons. The summed E-state index contributed by atoms with van der Waals surface area (Å²) in [6.07, 6.45) is -3.35. The highest BCUT2D eigenvalue weighted by Gasteiger charge is 2.27. The zero-order valence-corrected chi connectivity index (χ0v) is 7.49. The van der Waals surface area contributed by atoms with Crippen molar-refractivity contribution < 1.29 is 22.7 Å². The predicted molar refractivity (Wildman–Crippen MR) is 41.1 cm³/mol. The van der Waals surface area contributed by atoms with Gasteiger partial charge in [0.25, 0.3) is 0 Å². The van der Waals surface area contributed by atoms with Gasteiger partial charge in [0.15, 0.2) is 0 Å². The lowest BCUT2D eigenvalue weighted by Gasteiger charge is -2.07.